The number of nitrogens with one attached hydrogen (secondary N) is 1. The predicted molar refractivity (Wildman–Crippen MR) is 74.5 cm³/mol. The normalized spacial score (nSPS) is 14.8. The molecule has 0 spiro atoms. The lowest BCUT2D eigenvalue weighted by atomic mass is 10.1. The zero-order valence-electron chi connectivity index (χ0n) is 10.9. The molecule has 0 bridgehead atoms. The summed E-state index contributed by atoms with van der Waals surface area (Å²) in [4.78, 5) is 4.75. The van der Waals surface area contributed by atoms with Gasteiger partial charge in [-0.2, -0.15) is 0 Å². The molecule has 0 atom stereocenters. The van der Waals surface area contributed by atoms with Crippen molar-refractivity contribution < 1.29 is 4.74 Å². The largest absolute Gasteiger partial charge is 0.494 e. The first-order valence-corrected chi connectivity index (χ1v) is 6.50. The Bertz CT molecular complexity index is 593. The molecule has 2 aromatic rings. The van der Waals surface area contributed by atoms with Crippen LogP contribution in [-0.4, -0.2) is 18.6 Å². The van der Waals surface area contributed by atoms with E-state index in [0.717, 1.165) is 30.0 Å². The molecule has 3 rings (SSSR count). The van der Waals surface area contributed by atoms with Gasteiger partial charge in [0.25, 0.3) is 0 Å². The molecule has 0 radical (unpaired) electrons. The van der Waals surface area contributed by atoms with E-state index < -0.39 is 0 Å². The maximum atomic E-state index is 5.44. The third-order valence-electron chi connectivity index (χ3n) is 3.49. The fraction of sp³-hybridized carbons (Fsp3) is 0.400. The van der Waals surface area contributed by atoms with Crippen molar-refractivity contribution in [2.45, 2.75) is 26.2 Å². The predicted octanol–water partition coefficient (Wildman–Crippen LogP) is 3.30. The number of hydrogen-bond acceptors (Lipinski definition) is 3. The number of hydrogen-bond donors (Lipinski definition) is 1. The molecule has 0 saturated heterocycles. The molecule has 0 fully saturated rings. The maximum absolute atomic E-state index is 5.44. The fourth-order valence-corrected chi connectivity index (χ4v) is 2.59. The minimum Gasteiger partial charge on any atom is -0.494 e. The number of benzene rings is 1. The first kappa shape index (κ1) is 11.3. The van der Waals surface area contributed by atoms with Crippen molar-refractivity contribution in [2.75, 3.05) is 19.0 Å². The molecule has 3 heteroatoms. The van der Waals surface area contributed by atoms with Crippen LogP contribution < -0.4 is 10.1 Å². The van der Waals surface area contributed by atoms with Gasteiger partial charge in [-0.1, -0.05) is 0 Å². The van der Waals surface area contributed by atoms with Crippen molar-refractivity contribution in [1.82, 2.24) is 4.98 Å². The Morgan fingerprint density at radius 1 is 1.22 bits per heavy atom. The van der Waals surface area contributed by atoms with Crippen LogP contribution in [0.2, 0.25) is 0 Å². The zero-order chi connectivity index (χ0) is 12.5. The third-order valence-corrected chi connectivity index (χ3v) is 3.49. The minimum atomic E-state index is 0.860. The number of anilines is 1. The standard InChI is InChI=1S/C15H18N2O/c1-10-7-12-9-11-5-3-4-6-16-15(11)17-14(12)13(8-10)18-2/h7-9H,3-6H2,1-2H3,(H,16,17). The average molecular weight is 242 g/mol. The highest BCUT2D eigenvalue weighted by Gasteiger charge is 2.12. The summed E-state index contributed by atoms with van der Waals surface area (Å²) in [5.41, 5.74) is 3.49. The summed E-state index contributed by atoms with van der Waals surface area (Å²) < 4.78 is 5.44. The molecular weight excluding hydrogens is 224 g/mol. The highest BCUT2D eigenvalue weighted by atomic mass is 16.5. The number of pyridine rings is 1. The first-order valence-electron chi connectivity index (χ1n) is 6.50. The topological polar surface area (TPSA) is 34.1 Å². The van der Waals surface area contributed by atoms with Crippen LogP contribution in [0.4, 0.5) is 5.82 Å². The first-order chi connectivity index (χ1) is 8.78. The van der Waals surface area contributed by atoms with Crippen molar-refractivity contribution in [3.63, 3.8) is 0 Å². The van der Waals surface area contributed by atoms with E-state index in [1.807, 2.05) is 6.07 Å². The molecule has 1 aliphatic rings. The van der Waals surface area contributed by atoms with Crippen molar-refractivity contribution in [1.29, 1.82) is 0 Å². The van der Waals surface area contributed by atoms with Crippen LogP contribution in [0.3, 0.4) is 0 Å². The Labute approximate surface area is 107 Å². The molecule has 94 valence electrons. The van der Waals surface area contributed by atoms with Gasteiger partial charge in [-0.05, 0) is 55.5 Å². The van der Waals surface area contributed by atoms with Gasteiger partial charge in [-0.25, -0.2) is 4.98 Å². The Hall–Kier alpha value is -1.77. The molecule has 2 heterocycles. The lowest BCUT2D eigenvalue weighted by molar-refractivity contribution is 0.418. The summed E-state index contributed by atoms with van der Waals surface area (Å²) in [5, 5.41) is 4.59. The Kier molecular flexibility index (Phi) is 2.82. The highest BCUT2D eigenvalue weighted by molar-refractivity contribution is 5.87. The second-order valence-electron chi connectivity index (χ2n) is 4.92. The van der Waals surface area contributed by atoms with Gasteiger partial charge in [0.1, 0.15) is 17.1 Å². The maximum Gasteiger partial charge on any atom is 0.145 e. The van der Waals surface area contributed by atoms with Crippen LogP contribution in [0.5, 0.6) is 5.75 Å². The third kappa shape index (κ3) is 1.90. The lowest BCUT2D eigenvalue weighted by Gasteiger charge is -2.11. The highest BCUT2D eigenvalue weighted by Crippen LogP contribution is 2.30. The quantitative estimate of drug-likeness (QED) is 0.833. The van der Waals surface area contributed by atoms with Crippen LogP contribution in [0.1, 0.15) is 24.0 Å². The van der Waals surface area contributed by atoms with Crippen molar-refractivity contribution in [3.05, 3.63) is 29.3 Å². The molecule has 3 nitrogen and oxygen atoms in total. The summed E-state index contributed by atoms with van der Waals surface area (Å²) in [5.74, 6) is 1.89. The second kappa shape index (κ2) is 4.48. The van der Waals surface area contributed by atoms with Crippen molar-refractivity contribution in [3.8, 4) is 5.75 Å². The Morgan fingerprint density at radius 2 is 2.11 bits per heavy atom. The van der Waals surface area contributed by atoms with Crippen LogP contribution in [0.25, 0.3) is 10.9 Å². The Morgan fingerprint density at radius 3 is 2.94 bits per heavy atom. The molecule has 0 saturated carbocycles. The molecule has 0 amide bonds. The number of nitrogens with zero attached hydrogens (tertiary/aromatic N) is 1. The van der Waals surface area contributed by atoms with Crippen molar-refractivity contribution in [2.24, 2.45) is 0 Å². The monoisotopic (exact) mass is 242 g/mol. The SMILES string of the molecule is COc1cc(C)cc2cc3c(nc12)NCCCC3. The Balaban J connectivity index is 2.24. The molecule has 1 aromatic carbocycles. The smallest absolute Gasteiger partial charge is 0.145 e. The van der Waals surface area contributed by atoms with Gasteiger partial charge in [0.2, 0.25) is 0 Å². The zero-order valence-corrected chi connectivity index (χ0v) is 10.9. The van der Waals surface area contributed by atoms with E-state index in [2.05, 4.69) is 24.4 Å². The van der Waals surface area contributed by atoms with Gasteiger partial charge in [0.05, 0.1) is 7.11 Å². The van der Waals surface area contributed by atoms with E-state index >= 15 is 0 Å². The minimum absolute atomic E-state index is 0.860. The van der Waals surface area contributed by atoms with E-state index in [0.29, 0.717) is 0 Å². The van der Waals surface area contributed by atoms with Gasteiger partial charge in [-0.3, -0.25) is 0 Å². The van der Waals surface area contributed by atoms with Gasteiger partial charge in [-0.15, -0.1) is 0 Å². The van der Waals surface area contributed by atoms with Gasteiger partial charge in [0.15, 0.2) is 0 Å². The lowest BCUT2D eigenvalue weighted by Crippen LogP contribution is -2.02. The molecule has 18 heavy (non-hydrogen) atoms. The van der Waals surface area contributed by atoms with E-state index in [1.54, 1.807) is 7.11 Å². The molecule has 0 aliphatic carbocycles. The van der Waals surface area contributed by atoms with E-state index in [9.17, 15) is 0 Å². The molecule has 1 aromatic heterocycles. The van der Waals surface area contributed by atoms with Crippen molar-refractivity contribution >= 4 is 16.7 Å². The van der Waals surface area contributed by atoms with Gasteiger partial charge < -0.3 is 10.1 Å². The number of rotatable bonds is 1. The number of fused-ring (bicyclic) bond motifs is 2. The van der Waals surface area contributed by atoms with Gasteiger partial charge in [0, 0.05) is 11.9 Å². The average Bonchev–Trinajstić information content (AvgIpc) is 2.60. The summed E-state index contributed by atoms with van der Waals surface area (Å²) >= 11 is 0. The molecule has 1 N–H and O–H groups in total. The van der Waals surface area contributed by atoms with Crippen LogP contribution in [-0.2, 0) is 6.42 Å². The molecule has 1 aliphatic heterocycles. The number of aromatic nitrogens is 1. The summed E-state index contributed by atoms with van der Waals surface area (Å²) in [6, 6.07) is 6.47. The second-order valence-corrected chi connectivity index (χ2v) is 4.92. The summed E-state index contributed by atoms with van der Waals surface area (Å²) in [6.45, 7) is 3.10. The van der Waals surface area contributed by atoms with E-state index in [-0.39, 0.29) is 0 Å². The van der Waals surface area contributed by atoms with E-state index in [1.165, 1.54) is 29.4 Å². The van der Waals surface area contributed by atoms with Crippen LogP contribution in [0, 0.1) is 6.92 Å². The van der Waals surface area contributed by atoms with Crippen LogP contribution in [0.15, 0.2) is 18.2 Å². The molecular formula is C15H18N2O. The fourth-order valence-electron chi connectivity index (χ4n) is 2.59. The number of aryl methyl sites for hydroxylation is 2. The number of methoxy groups -OCH3 is 1. The van der Waals surface area contributed by atoms with E-state index in [4.69, 9.17) is 9.72 Å². The summed E-state index contributed by atoms with van der Waals surface area (Å²) in [6.07, 6.45) is 3.56. The summed E-state index contributed by atoms with van der Waals surface area (Å²) in [7, 11) is 1.70. The van der Waals surface area contributed by atoms with Gasteiger partial charge >= 0.3 is 0 Å². The number of ether oxygens (including phenoxy) is 1. The molecule has 0 unspecified atom stereocenters. The van der Waals surface area contributed by atoms with Crippen LogP contribution >= 0.6 is 0 Å².